The number of esters is 1. The van der Waals surface area contributed by atoms with Gasteiger partial charge < -0.3 is 14.4 Å². The zero-order chi connectivity index (χ0) is 25.5. The molecule has 6 nitrogen and oxygen atoms in total. The number of ether oxygens (including phenoxy) is 1. The first-order chi connectivity index (χ1) is 16.8. The van der Waals surface area contributed by atoms with Crippen molar-refractivity contribution in [3.05, 3.63) is 71.7 Å². The molecule has 0 saturated carbocycles. The number of rotatable bonds is 9. The van der Waals surface area contributed by atoms with Gasteiger partial charge in [0.25, 0.3) is 0 Å². The molecule has 0 bridgehead atoms. The van der Waals surface area contributed by atoms with E-state index in [0.717, 1.165) is 11.1 Å². The molecule has 0 fully saturated rings. The van der Waals surface area contributed by atoms with Gasteiger partial charge in [0.2, 0.25) is 8.03 Å². The van der Waals surface area contributed by atoms with Crippen molar-refractivity contribution in [3.8, 4) is 40.5 Å². The van der Waals surface area contributed by atoms with Crippen LogP contribution in [0.3, 0.4) is 0 Å². The molecular formula is C27H27FNO5P. The molecule has 3 rings (SSSR count). The maximum absolute atomic E-state index is 13.7. The highest BCUT2D eigenvalue weighted by Gasteiger charge is 2.28. The lowest BCUT2D eigenvalue weighted by molar-refractivity contribution is -0.136. The van der Waals surface area contributed by atoms with Crippen molar-refractivity contribution < 1.29 is 28.1 Å². The molecule has 0 radical (unpaired) electrons. The van der Waals surface area contributed by atoms with E-state index < -0.39 is 38.0 Å². The van der Waals surface area contributed by atoms with Crippen LogP contribution in [0.1, 0.15) is 24.6 Å². The minimum atomic E-state index is -2.74. The summed E-state index contributed by atoms with van der Waals surface area (Å²) in [5.74, 6) is 1.29. The number of benzene rings is 2. The number of terminal acetylenes is 1. The van der Waals surface area contributed by atoms with Crippen LogP contribution in [-0.4, -0.2) is 34.9 Å². The van der Waals surface area contributed by atoms with Gasteiger partial charge in [-0.25, -0.2) is 9.37 Å². The van der Waals surface area contributed by atoms with E-state index in [4.69, 9.17) is 20.7 Å². The van der Waals surface area contributed by atoms with Gasteiger partial charge in [-0.15, -0.1) is 6.42 Å². The Kier molecular flexibility index (Phi) is 8.95. The van der Waals surface area contributed by atoms with Crippen molar-refractivity contribution in [2.45, 2.75) is 38.5 Å². The van der Waals surface area contributed by atoms with Crippen LogP contribution in [0.2, 0.25) is 0 Å². The zero-order valence-electron chi connectivity index (χ0n) is 19.7. The molecule has 8 heteroatoms. The van der Waals surface area contributed by atoms with E-state index in [2.05, 4.69) is 5.92 Å². The number of hydrogen-bond donors (Lipinski definition) is 1. The van der Waals surface area contributed by atoms with Gasteiger partial charge in [0.15, 0.2) is 5.75 Å². The summed E-state index contributed by atoms with van der Waals surface area (Å²) in [5.41, 5.74) is 2.99. The van der Waals surface area contributed by atoms with E-state index in [-0.39, 0.29) is 5.75 Å². The van der Waals surface area contributed by atoms with Gasteiger partial charge in [0.05, 0.1) is 23.9 Å². The molecule has 0 aliphatic heterocycles. The molecule has 3 unspecified atom stereocenters. The van der Waals surface area contributed by atoms with Gasteiger partial charge in [-0.3, -0.25) is 9.36 Å². The first-order valence-electron chi connectivity index (χ1n) is 11.1. The zero-order valence-corrected chi connectivity index (χ0v) is 20.7. The second-order valence-corrected chi connectivity index (χ2v) is 9.54. The summed E-state index contributed by atoms with van der Waals surface area (Å²) in [7, 11) is -1.51. The molecule has 0 aliphatic rings. The average molecular weight is 495 g/mol. The van der Waals surface area contributed by atoms with E-state index in [9.17, 15) is 18.9 Å². The number of pyridine rings is 1. The van der Waals surface area contributed by atoms with Crippen LogP contribution in [0.4, 0.5) is 4.39 Å². The largest absolute Gasteiger partial charge is 0.424 e. The van der Waals surface area contributed by atoms with Crippen LogP contribution in [0.5, 0.6) is 5.75 Å². The number of aryl methyl sites for hydroxylation is 1. The fourth-order valence-electron chi connectivity index (χ4n) is 3.80. The van der Waals surface area contributed by atoms with Gasteiger partial charge >= 0.3 is 5.97 Å². The molecule has 1 aromatic heterocycles. The molecule has 3 aromatic rings. The van der Waals surface area contributed by atoms with Crippen LogP contribution >= 0.6 is 8.03 Å². The van der Waals surface area contributed by atoms with E-state index in [1.165, 1.54) is 19.2 Å². The number of halogens is 1. The Balaban J connectivity index is 2.08. The number of hydrogen-bond acceptors (Lipinski definition) is 6. The van der Waals surface area contributed by atoms with E-state index in [0.29, 0.717) is 28.9 Å². The quantitative estimate of drug-likeness (QED) is 0.249. The summed E-state index contributed by atoms with van der Waals surface area (Å²) in [6, 6.07) is 15.5. The summed E-state index contributed by atoms with van der Waals surface area (Å²) in [4.78, 5) is 17.6. The third-order valence-corrected chi connectivity index (χ3v) is 7.05. The standard InChI is InChI=1S/C27H27FNO5P/c1-5-21-27(34-24(31)16-22(30)23(6-2)35(32)33-4)25(18-12-14-20(28)15-13-18)17(3)26(29-21)19-10-8-7-9-11-19/h2,7-15,22-23,30,35H,5,16H2,1,3-4H3. The third kappa shape index (κ3) is 6.04. The summed E-state index contributed by atoms with van der Waals surface area (Å²) < 4.78 is 36.2. The average Bonchev–Trinajstić information content (AvgIpc) is 2.86. The molecule has 0 saturated heterocycles. The summed E-state index contributed by atoms with van der Waals surface area (Å²) >= 11 is 0. The predicted octanol–water partition coefficient (Wildman–Crippen LogP) is 5.20. The lowest BCUT2D eigenvalue weighted by Gasteiger charge is -2.21. The Morgan fingerprint density at radius 1 is 1.17 bits per heavy atom. The Labute approximate surface area is 205 Å². The maximum Gasteiger partial charge on any atom is 0.313 e. The van der Waals surface area contributed by atoms with Gasteiger partial charge in [-0.05, 0) is 36.6 Å². The fourth-order valence-corrected chi connectivity index (χ4v) is 4.62. The number of carbonyl (C=O) groups is 1. The van der Waals surface area contributed by atoms with Crippen molar-refractivity contribution >= 4 is 14.0 Å². The number of aliphatic hydroxyl groups is 1. The molecule has 0 aliphatic carbocycles. The molecule has 35 heavy (non-hydrogen) atoms. The van der Waals surface area contributed by atoms with Crippen molar-refractivity contribution in [1.29, 1.82) is 0 Å². The van der Waals surface area contributed by atoms with E-state index in [1.807, 2.05) is 44.2 Å². The Morgan fingerprint density at radius 2 is 1.83 bits per heavy atom. The van der Waals surface area contributed by atoms with Crippen molar-refractivity contribution in [2.75, 3.05) is 7.11 Å². The highest BCUT2D eigenvalue weighted by atomic mass is 31.1. The minimum absolute atomic E-state index is 0.227. The number of aliphatic hydroxyl groups excluding tert-OH is 1. The molecule has 1 N–H and O–H groups in total. The molecule has 0 amide bonds. The van der Waals surface area contributed by atoms with Crippen LogP contribution < -0.4 is 4.74 Å². The second kappa shape index (κ2) is 11.9. The topological polar surface area (TPSA) is 85.7 Å². The van der Waals surface area contributed by atoms with Gasteiger partial charge in [-0.2, -0.15) is 0 Å². The first kappa shape index (κ1) is 26.3. The molecule has 2 aromatic carbocycles. The smallest absolute Gasteiger partial charge is 0.313 e. The summed E-state index contributed by atoms with van der Waals surface area (Å²) in [6.07, 6.45) is 3.93. The Morgan fingerprint density at radius 3 is 2.40 bits per heavy atom. The molecule has 1 heterocycles. The van der Waals surface area contributed by atoms with Crippen molar-refractivity contribution in [1.82, 2.24) is 4.98 Å². The van der Waals surface area contributed by atoms with E-state index >= 15 is 0 Å². The van der Waals surface area contributed by atoms with Gasteiger partial charge in [0.1, 0.15) is 11.5 Å². The Hall–Kier alpha value is -3.30. The first-order valence-corrected chi connectivity index (χ1v) is 12.5. The lowest BCUT2D eigenvalue weighted by Crippen LogP contribution is -2.27. The fraction of sp³-hybridized carbons (Fsp3) is 0.259. The van der Waals surface area contributed by atoms with E-state index in [1.54, 1.807) is 12.1 Å². The number of carbonyl (C=O) groups excluding carboxylic acids is 1. The molecule has 3 atom stereocenters. The van der Waals surface area contributed by atoms with Crippen molar-refractivity contribution in [2.24, 2.45) is 0 Å². The number of nitrogens with zero attached hydrogens (tertiary/aromatic N) is 1. The highest BCUT2D eigenvalue weighted by molar-refractivity contribution is 7.40. The molecule has 182 valence electrons. The predicted molar refractivity (Wildman–Crippen MR) is 134 cm³/mol. The van der Waals surface area contributed by atoms with Crippen molar-refractivity contribution in [3.63, 3.8) is 0 Å². The third-order valence-electron chi connectivity index (χ3n) is 5.59. The SMILES string of the molecule is C#CC(C(O)CC(=O)Oc1c(CC)nc(-c2ccccc2)c(C)c1-c1ccc(F)cc1)[PH](=O)OC. The normalized spacial score (nSPS) is 13.5. The monoisotopic (exact) mass is 495 g/mol. The number of aromatic nitrogens is 1. The molecule has 0 spiro atoms. The summed E-state index contributed by atoms with van der Waals surface area (Å²) in [5, 5.41) is 10.4. The van der Waals surface area contributed by atoms with Crippen LogP contribution in [0, 0.1) is 25.1 Å². The van der Waals surface area contributed by atoms with Gasteiger partial charge in [0, 0.05) is 18.2 Å². The second-order valence-electron chi connectivity index (χ2n) is 7.88. The Bertz CT molecular complexity index is 1260. The lowest BCUT2D eigenvalue weighted by atomic mass is 9.94. The van der Waals surface area contributed by atoms with Crippen LogP contribution in [-0.2, 0) is 20.3 Å². The molecular weight excluding hydrogens is 468 g/mol. The highest BCUT2D eigenvalue weighted by Crippen LogP contribution is 2.40. The van der Waals surface area contributed by atoms with Crippen LogP contribution in [0.15, 0.2) is 54.6 Å². The summed E-state index contributed by atoms with van der Waals surface area (Å²) in [6.45, 7) is 3.74. The van der Waals surface area contributed by atoms with Crippen LogP contribution in [0.25, 0.3) is 22.4 Å². The van der Waals surface area contributed by atoms with Gasteiger partial charge in [-0.1, -0.05) is 55.3 Å². The maximum atomic E-state index is 13.7. The minimum Gasteiger partial charge on any atom is -0.424 e.